The van der Waals surface area contributed by atoms with Crippen molar-refractivity contribution in [2.45, 2.75) is 19.3 Å². The Morgan fingerprint density at radius 1 is 1.00 bits per heavy atom. The number of halogens is 1. The second kappa shape index (κ2) is 5.10. The van der Waals surface area contributed by atoms with Gasteiger partial charge < -0.3 is 4.98 Å². The molecule has 0 aliphatic heterocycles. The Balaban J connectivity index is 2.15. The molecule has 0 aliphatic rings. The molecule has 0 amide bonds. The van der Waals surface area contributed by atoms with E-state index in [9.17, 15) is 0 Å². The van der Waals surface area contributed by atoms with Gasteiger partial charge in [0.15, 0.2) is 0 Å². The van der Waals surface area contributed by atoms with Crippen LogP contribution >= 0.6 is 11.6 Å². The summed E-state index contributed by atoms with van der Waals surface area (Å²) in [7, 11) is 0. The highest BCUT2D eigenvalue weighted by molar-refractivity contribution is 6.31. The van der Waals surface area contributed by atoms with Crippen molar-refractivity contribution in [3.8, 4) is 0 Å². The smallest absolute Gasteiger partial charge is 0.0457 e. The fourth-order valence-electron chi connectivity index (χ4n) is 2.75. The van der Waals surface area contributed by atoms with Gasteiger partial charge in [0.25, 0.3) is 0 Å². The molecule has 2 aromatic carbocycles. The predicted octanol–water partition coefficient (Wildman–Crippen LogP) is 5.36. The van der Waals surface area contributed by atoms with Gasteiger partial charge in [-0.25, -0.2) is 0 Å². The first-order valence-corrected chi connectivity index (χ1v) is 6.99. The van der Waals surface area contributed by atoms with Crippen LogP contribution in [0.4, 0.5) is 0 Å². The summed E-state index contributed by atoms with van der Waals surface area (Å²) in [4.78, 5) is 3.35. The van der Waals surface area contributed by atoms with Crippen LogP contribution in [0.25, 0.3) is 10.9 Å². The zero-order valence-electron chi connectivity index (χ0n) is 10.9. The van der Waals surface area contributed by atoms with E-state index >= 15 is 0 Å². The molecule has 3 rings (SSSR count). The van der Waals surface area contributed by atoms with Gasteiger partial charge in [0.05, 0.1) is 0 Å². The second-order valence-corrected chi connectivity index (χ2v) is 5.18. The number of fused-ring (bicyclic) bond motifs is 1. The number of nitrogens with one attached hydrogen (secondary N) is 1. The largest absolute Gasteiger partial charge is 0.361 e. The fraction of sp³-hybridized carbons (Fsp3) is 0.176. The van der Waals surface area contributed by atoms with Crippen molar-refractivity contribution in [3.05, 3.63) is 70.9 Å². The van der Waals surface area contributed by atoms with E-state index in [1.807, 2.05) is 12.1 Å². The third-order valence-electron chi connectivity index (χ3n) is 3.69. The third-order valence-corrected chi connectivity index (χ3v) is 4.03. The van der Waals surface area contributed by atoms with Crippen LogP contribution in [-0.2, 0) is 0 Å². The van der Waals surface area contributed by atoms with Crippen LogP contribution in [0.15, 0.2) is 54.7 Å². The van der Waals surface area contributed by atoms with Crippen molar-refractivity contribution in [1.82, 2.24) is 4.98 Å². The van der Waals surface area contributed by atoms with Gasteiger partial charge in [-0.15, -0.1) is 0 Å². The van der Waals surface area contributed by atoms with Crippen LogP contribution in [0.2, 0.25) is 5.02 Å². The van der Waals surface area contributed by atoms with Crippen molar-refractivity contribution in [2.24, 2.45) is 0 Å². The summed E-state index contributed by atoms with van der Waals surface area (Å²) in [5.74, 6) is 0.338. The molecule has 1 nitrogen and oxygen atoms in total. The maximum Gasteiger partial charge on any atom is 0.0457 e. The summed E-state index contributed by atoms with van der Waals surface area (Å²) in [5.41, 5.74) is 3.71. The quantitative estimate of drug-likeness (QED) is 0.658. The first-order chi connectivity index (χ1) is 9.31. The van der Waals surface area contributed by atoms with E-state index in [1.54, 1.807) is 0 Å². The zero-order chi connectivity index (χ0) is 13.2. The maximum absolute atomic E-state index is 6.36. The van der Waals surface area contributed by atoms with E-state index in [1.165, 1.54) is 22.0 Å². The van der Waals surface area contributed by atoms with Crippen molar-refractivity contribution in [1.29, 1.82) is 0 Å². The SMILES string of the molecule is CCC(c1ccccc1Cl)c1c[nH]c2ccccc12. The highest BCUT2D eigenvalue weighted by Crippen LogP contribution is 2.36. The van der Waals surface area contributed by atoms with E-state index in [0.29, 0.717) is 5.92 Å². The Hall–Kier alpha value is -1.73. The summed E-state index contributed by atoms with van der Waals surface area (Å²) in [5, 5.41) is 2.13. The Morgan fingerprint density at radius 3 is 2.53 bits per heavy atom. The summed E-state index contributed by atoms with van der Waals surface area (Å²) >= 11 is 6.36. The molecule has 1 unspecified atom stereocenters. The van der Waals surface area contributed by atoms with Gasteiger partial charge in [-0.2, -0.15) is 0 Å². The molecule has 0 radical (unpaired) electrons. The van der Waals surface area contributed by atoms with Crippen LogP contribution in [-0.4, -0.2) is 4.98 Å². The molecule has 0 fully saturated rings. The minimum atomic E-state index is 0.338. The number of hydrogen-bond acceptors (Lipinski definition) is 0. The molecule has 3 aromatic rings. The van der Waals surface area contributed by atoms with Gasteiger partial charge in [0.2, 0.25) is 0 Å². The Bertz CT molecular complexity index is 699. The molecule has 2 heteroatoms. The average Bonchev–Trinajstić information content (AvgIpc) is 2.86. The van der Waals surface area contributed by atoms with Gasteiger partial charge >= 0.3 is 0 Å². The first-order valence-electron chi connectivity index (χ1n) is 6.61. The van der Waals surface area contributed by atoms with Gasteiger partial charge in [-0.3, -0.25) is 0 Å². The summed E-state index contributed by atoms with van der Waals surface area (Å²) < 4.78 is 0. The van der Waals surface area contributed by atoms with Crippen LogP contribution in [0, 0.1) is 0 Å². The number of hydrogen-bond donors (Lipinski definition) is 1. The molecule has 96 valence electrons. The van der Waals surface area contributed by atoms with E-state index in [2.05, 4.69) is 54.5 Å². The first kappa shape index (κ1) is 12.3. The van der Waals surface area contributed by atoms with Crippen molar-refractivity contribution in [2.75, 3.05) is 0 Å². The minimum absolute atomic E-state index is 0.338. The summed E-state index contributed by atoms with van der Waals surface area (Å²) in [6.45, 7) is 2.20. The van der Waals surface area contributed by atoms with Gasteiger partial charge in [0.1, 0.15) is 0 Å². The lowest BCUT2D eigenvalue weighted by Crippen LogP contribution is -1.99. The number of para-hydroxylation sites is 1. The molecule has 0 aliphatic carbocycles. The van der Waals surface area contributed by atoms with Gasteiger partial charge in [0, 0.05) is 28.0 Å². The molecule has 0 bridgehead atoms. The van der Waals surface area contributed by atoms with Crippen molar-refractivity contribution >= 4 is 22.5 Å². The average molecular weight is 270 g/mol. The lowest BCUT2D eigenvalue weighted by atomic mass is 9.89. The molecule has 19 heavy (non-hydrogen) atoms. The third kappa shape index (κ3) is 2.15. The lowest BCUT2D eigenvalue weighted by Gasteiger charge is -2.16. The lowest BCUT2D eigenvalue weighted by molar-refractivity contribution is 0.783. The number of benzene rings is 2. The van der Waals surface area contributed by atoms with E-state index in [-0.39, 0.29) is 0 Å². The van der Waals surface area contributed by atoms with E-state index in [0.717, 1.165) is 11.4 Å². The fourth-order valence-corrected chi connectivity index (χ4v) is 3.01. The van der Waals surface area contributed by atoms with Crippen LogP contribution in [0.1, 0.15) is 30.4 Å². The second-order valence-electron chi connectivity index (χ2n) is 4.77. The Morgan fingerprint density at radius 2 is 1.74 bits per heavy atom. The predicted molar refractivity (Wildman–Crippen MR) is 81.9 cm³/mol. The number of rotatable bonds is 3. The molecule has 0 spiro atoms. The van der Waals surface area contributed by atoms with Crippen LogP contribution in [0.3, 0.4) is 0 Å². The molecule has 1 atom stereocenters. The molecule has 1 aromatic heterocycles. The van der Waals surface area contributed by atoms with Gasteiger partial charge in [-0.05, 0) is 29.7 Å². The highest BCUT2D eigenvalue weighted by atomic mass is 35.5. The van der Waals surface area contributed by atoms with Crippen molar-refractivity contribution < 1.29 is 0 Å². The Labute approximate surface area is 118 Å². The molecule has 0 saturated carbocycles. The monoisotopic (exact) mass is 269 g/mol. The molecular formula is C17H16ClN. The van der Waals surface area contributed by atoms with Crippen molar-refractivity contribution in [3.63, 3.8) is 0 Å². The van der Waals surface area contributed by atoms with Crippen LogP contribution < -0.4 is 0 Å². The number of aromatic nitrogens is 1. The number of H-pyrrole nitrogens is 1. The normalized spacial score (nSPS) is 12.7. The summed E-state index contributed by atoms with van der Waals surface area (Å²) in [6.07, 6.45) is 3.15. The highest BCUT2D eigenvalue weighted by Gasteiger charge is 2.18. The number of aromatic amines is 1. The van der Waals surface area contributed by atoms with Gasteiger partial charge in [-0.1, -0.05) is 54.9 Å². The minimum Gasteiger partial charge on any atom is -0.361 e. The van der Waals surface area contributed by atoms with Crippen LogP contribution in [0.5, 0.6) is 0 Å². The Kier molecular flexibility index (Phi) is 3.31. The molecule has 1 N–H and O–H groups in total. The standard InChI is InChI=1S/C17H16ClN/c1-2-12(13-7-3-5-9-16(13)18)15-11-19-17-10-6-4-8-14(15)17/h3-12,19H,2H2,1H3. The summed E-state index contributed by atoms with van der Waals surface area (Å²) in [6, 6.07) is 16.5. The topological polar surface area (TPSA) is 15.8 Å². The molecular weight excluding hydrogens is 254 g/mol. The molecule has 0 saturated heterocycles. The molecule has 1 heterocycles. The maximum atomic E-state index is 6.36. The van der Waals surface area contributed by atoms with E-state index in [4.69, 9.17) is 11.6 Å². The zero-order valence-corrected chi connectivity index (χ0v) is 11.6. The van der Waals surface area contributed by atoms with E-state index < -0.39 is 0 Å².